The van der Waals surface area contributed by atoms with Crippen molar-refractivity contribution in [1.82, 2.24) is 0 Å². The lowest BCUT2D eigenvalue weighted by atomic mass is 9.96. The maximum atomic E-state index is 14.4. The second-order valence-corrected chi connectivity index (χ2v) is 7.64. The molecule has 0 bridgehead atoms. The lowest BCUT2D eigenvalue weighted by Gasteiger charge is -2.17. The summed E-state index contributed by atoms with van der Waals surface area (Å²) in [7, 11) is 0. The molecule has 3 aromatic rings. The third-order valence-corrected chi connectivity index (χ3v) is 4.59. The maximum absolute atomic E-state index is 14.4. The van der Waals surface area contributed by atoms with Crippen LogP contribution in [0.15, 0.2) is 54.6 Å². The van der Waals surface area contributed by atoms with E-state index in [4.69, 9.17) is 4.74 Å². The first kappa shape index (κ1) is 22.8. The number of hydrogen-bond acceptors (Lipinski definition) is 4. The van der Waals surface area contributed by atoms with Gasteiger partial charge >= 0.3 is 0 Å². The first-order valence-electron chi connectivity index (χ1n) is 10.1. The predicted molar refractivity (Wildman–Crippen MR) is 123 cm³/mol. The van der Waals surface area contributed by atoms with Crippen LogP contribution in [0.4, 0.5) is 15.8 Å². The van der Waals surface area contributed by atoms with E-state index in [1.54, 1.807) is 42.5 Å². The van der Waals surface area contributed by atoms with Gasteiger partial charge in [-0.3, -0.25) is 9.59 Å². The zero-order valence-electron chi connectivity index (χ0n) is 18.3. The molecule has 0 aromatic heterocycles. The molecule has 32 heavy (non-hydrogen) atoms. The first-order valence-corrected chi connectivity index (χ1v) is 10.1. The van der Waals surface area contributed by atoms with Crippen molar-refractivity contribution in [3.63, 3.8) is 0 Å². The summed E-state index contributed by atoms with van der Waals surface area (Å²) >= 11 is 0. The van der Waals surface area contributed by atoms with Gasteiger partial charge in [-0.2, -0.15) is 0 Å². The van der Waals surface area contributed by atoms with Crippen LogP contribution in [0, 0.1) is 5.82 Å². The molecule has 3 N–H and O–H groups in total. The fourth-order valence-electron chi connectivity index (χ4n) is 3.32. The van der Waals surface area contributed by atoms with Gasteiger partial charge in [0, 0.05) is 25.0 Å². The topological polar surface area (TPSA) is 87.7 Å². The second-order valence-electron chi connectivity index (χ2n) is 7.64. The van der Waals surface area contributed by atoms with Crippen molar-refractivity contribution in [2.45, 2.75) is 33.8 Å². The monoisotopic (exact) mass is 436 g/mol. The molecule has 0 atom stereocenters. The number of benzene rings is 3. The van der Waals surface area contributed by atoms with Crippen LogP contribution in [0.2, 0.25) is 0 Å². The summed E-state index contributed by atoms with van der Waals surface area (Å²) in [5, 5.41) is 16.1. The molecule has 0 aliphatic carbocycles. The Morgan fingerprint density at radius 2 is 1.41 bits per heavy atom. The molecule has 2 amide bonds. The highest BCUT2D eigenvalue weighted by molar-refractivity contribution is 5.92. The fourth-order valence-corrected chi connectivity index (χ4v) is 3.32. The number of carbonyl (C=O) groups is 2. The minimum atomic E-state index is -0.602. The molecule has 0 saturated carbocycles. The van der Waals surface area contributed by atoms with Crippen LogP contribution >= 0.6 is 0 Å². The number of carbonyl (C=O) groups excluding carboxylic acids is 2. The number of phenols is 1. The minimum absolute atomic E-state index is 0.0260. The van der Waals surface area contributed by atoms with E-state index in [1.165, 1.54) is 26.0 Å². The number of hydrogen-bond donors (Lipinski definition) is 3. The molecule has 0 unspecified atom stereocenters. The molecule has 0 saturated heterocycles. The van der Waals surface area contributed by atoms with Crippen LogP contribution in [0.1, 0.15) is 27.7 Å². The summed E-state index contributed by atoms with van der Waals surface area (Å²) in [5.41, 5.74) is 2.70. The summed E-state index contributed by atoms with van der Waals surface area (Å²) in [5.74, 6) is -0.746. The standard InChI is InChI=1S/C25H25FN2O4/c1-14(2)32-24-13-18(9-11-23(24)28-16(4)30)20-7-5-6-19(25(20)31)17-8-10-22(21(26)12-17)27-15(3)29/h5-14,31H,1-4H3,(H,27,29)(H,28,30). The predicted octanol–water partition coefficient (Wildman–Crippen LogP) is 5.57. The van der Waals surface area contributed by atoms with Crippen molar-refractivity contribution in [3.05, 3.63) is 60.4 Å². The molecule has 6 nitrogen and oxygen atoms in total. The minimum Gasteiger partial charge on any atom is -0.507 e. The van der Waals surface area contributed by atoms with Gasteiger partial charge in [0.05, 0.1) is 17.5 Å². The van der Waals surface area contributed by atoms with E-state index in [1.807, 2.05) is 13.8 Å². The Labute approximate surface area is 186 Å². The Hall–Kier alpha value is -3.87. The second kappa shape index (κ2) is 9.51. The summed E-state index contributed by atoms with van der Waals surface area (Å²) < 4.78 is 20.3. The van der Waals surface area contributed by atoms with E-state index in [-0.39, 0.29) is 29.4 Å². The lowest BCUT2D eigenvalue weighted by molar-refractivity contribution is -0.115. The summed E-state index contributed by atoms with van der Waals surface area (Å²) in [6, 6.07) is 14.7. The quantitative estimate of drug-likeness (QED) is 0.471. The van der Waals surface area contributed by atoms with Gasteiger partial charge in [-0.15, -0.1) is 0 Å². The van der Waals surface area contributed by atoms with Gasteiger partial charge in [-0.25, -0.2) is 4.39 Å². The van der Waals surface area contributed by atoms with Gasteiger partial charge < -0.3 is 20.5 Å². The molecule has 0 fully saturated rings. The van der Waals surface area contributed by atoms with E-state index >= 15 is 0 Å². The SMILES string of the molecule is CC(=O)Nc1ccc(-c2cccc(-c3ccc(NC(C)=O)c(OC(C)C)c3)c2O)cc1F. The molecule has 0 spiro atoms. The van der Waals surface area contributed by atoms with Gasteiger partial charge in [-0.05, 0) is 49.2 Å². The Morgan fingerprint density at radius 1 is 0.875 bits per heavy atom. The van der Waals surface area contributed by atoms with Gasteiger partial charge in [0.1, 0.15) is 17.3 Å². The largest absolute Gasteiger partial charge is 0.507 e. The van der Waals surface area contributed by atoms with E-state index in [0.717, 1.165) is 0 Å². The van der Waals surface area contributed by atoms with Gasteiger partial charge in [0.2, 0.25) is 11.8 Å². The summed E-state index contributed by atoms with van der Waals surface area (Å²) in [6.07, 6.45) is -0.122. The van der Waals surface area contributed by atoms with Gasteiger partial charge in [0.25, 0.3) is 0 Å². The third kappa shape index (κ3) is 5.24. The van der Waals surface area contributed by atoms with Crippen molar-refractivity contribution in [3.8, 4) is 33.8 Å². The fraction of sp³-hybridized carbons (Fsp3) is 0.200. The van der Waals surface area contributed by atoms with Crippen molar-refractivity contribution in [2.24, 2.45) is 0 Å². The highest BCUT2D eigenvalue weighted by Crippen LogP contribution is 2.41. The van der Waals surface area contributed by atoms with Crippen molar-refractivity contribution in [1.29, 1.82) is 0 Å². The third-order valence-electron chi connectivity index (χ3n) is 4.59. The van der Waals surface area contributed by atoms with Gasteiger partial charge in [0.15, 0.2) is 0 Å². The normalized spacial score (nSPS) is 10.7. The van der Waals surface area contributed by atoms with E-state index in [9.17, 15) is 19.1 Å². The molecule has 166 valence electrons. The maximum Gasteiger partial charge on any atom is 0.221 e. The Bertz CT molecular complexity index is 1170. The number of phenolic OH excluding ortho intramolecular Hbond substituents is 1. The average molecular weight is 436 g/mol. The number of rotatable bonds is 6. The lowest BCUT2D eigenvalue weighted by Crippen LogP contribution is -2.11. The smallest absolute Gasteiger partial charge is 0.221 e. The molecule has 0 aliphatic rings. The zero-order chi connectivity index (χ0) is 23.4. The Balaban J connectivity index is 2.04. The van der Waals surface area contributed by atoms with Crippen LogP contribution in [0.25, 0.3) is 22.3 Å². The number of aromatic hydroxyl groups is 1. The molecular weight excluding hydrogens is 411 g/mol. The van der Waals surface area contributed by atoms with Crippen molar-refractivity contribution >= 4 is 23.2 Å². The van der Waals surface area contributed by atoms with Crippen LogP contribution in [-0.4, -0.2) is 23.0 Å². The molecule has 0 heterocycles. The molecular formula is C25H25FN2O4. The van der Waals surface area contributed by atoms with E-state index < -0.39 is 5.82 Å². The Morgan fingerprint density at radius 3 is 1.94 bits per heavy atom. The zero-order valence-corrected chi connectivity index (χ0v) is 18.3. The first-order chi connectivity index (χ1) is 15.2. The number of anilines is 2. The number of para-hydroxylation sites is 1. The molecule has 0 aliphatic heterocycles. The molecule has 7 heteroatoms. The van der Waals surface area contributed by atoms with Crippen molar-refractivity contribution < 1.29 is 23.8 Å². The molecule has 0 radical (unpaired) electrons. The number of nitrogens with one attached hydrogen (secondary N) is 2. The summed E-state index contributed by atoms with van der Waals surface area (Å²) in [4.78, 5) is 22.7. The highest BCUT2D eigenvalue weighted by Gasteiger charge is 2.16. The van der Waals surface area contributed by atoms with Crippen molar-refractivity contribution in [2.75, 3.05) is 10.6 Å². The Kier molecular flexibility index (Phi) is 6.78. The van der Waals surface area contributed by atoms with Crippen LogP contribution < -0.4 is 15.4 Å². The molecule has 3 rings (SSSR count). The number of ether oxygens (including phenoxy) is 1. The molecule has 3 aromatic carbocycles. The van der Waals surface area contributed by atoms with Crippen LogP contribution in [0.5, 0.6) is 11.5 Å². The van der Waals surface area contributed by atoms with Gasteiger partial charge in [-0.1, -0.05) is 30.3 Å². The van der Waals surface area contributed by atoms with E-state index in [0.29, 0.717) is 33.7 Å². The van der Waals surface area contributed by atoms with Crippen LogP contribution in [0.3, 0.4) is 0 Å². The summed E-state index contributed by atoms with van der Waals surface area (Å²) in [6.45, 7) is 6.47. The average Bonchev–Trinajstić information content (AvgIpc) is 2.70. The highest BCUT2D eigenvalue weighted by atomic mass is 19.1. The van der Waals surface area contributed by atoms with E-state index in [2.05, 4.69) is 10.6 Å². The number of halogens is 1. The van der Waals surface area contributed by atoms with Crippen LogP contribution in [-0.2, 0) is 9.59 Å². The number of amides is 2.